The first-order chi connectivity index (χ1) is 7.76. The lowest BCUT2D eigenvalue weighted by molar-refractivity contribution is 0.210. The number of methoxy groups -OCH3 is 1. The number of nitrogens with one attached hydrogen (secondary N) is 2. The molecule has 0 spiro atoms. The van der Waals surface area contributed by atoms with Gasteiger partial charge in [-0.1, -0.05) is 0 Å². The zero-order chi connectivity index (χ0) is 11.8. The van der Waals surface area contributed by atoms with Crippen molar-refractivity contribution in [2.24, 2.45) is 0 Å². The van der Waals surface area contributed by atoms with Crippen LogP contribution in [0.3, 0.4) is 0 Å². The van der Waals surface area contributed by atoms with Gasteiger partial charge in [0.1, 0.15) is 17.5 Å². The van der Waals surface area contributed by atoms with Crippen LogP contribution < -0.4 is 10.6 Å². The highest BCUT2D eigenvalue weighted by molar-refractivity contribution is 7.80. The van der Waals surface area contributed by atoms with Crippen LogP contribution in [0.5, 0.6) is 0 Å². The first-order valence-electron chi connectivity index (χ1n) is 5.19. The van der Waals surface area contributed by atoms with E-state index < -0.39 is 0 Å². The van der Waals surface area contributed by atoms with E-state index in [0.29, 0.717) is 6.61 Å². The Morgan fingerprint density at radius 2 is 1.88 bits per heavy atom. The fourth-order valence-electron chi connectivity index (χ4n) is 1.21. The summed E-state index contributed by atoms with van der Waals surface area (Å²) in [6, 6.07) is 1.88. The van der Waals surface area contributed by atoms with Crippen molar-refractivity contribution in [2.75, 3.05) is 43.2 Å². The molecule has 1 aromatic heterocycles. The average Bonchev–Trinajstić information content (AvgIpc) is 2.26. The lowest BCUT2D eigenvalue weighted by atomic mass is 10.4. The molecule has 0 atom stereocenters. The van der Waals surface area contributed by atoms with Crippen LogP contribution in [0.4, 0.5) is 11.6 Å². The average molecular weight is 242 g/mol. The minimum Gasteiger partial charge on any atom is -0.383 e. The van der Waals surface area contributed by atoms with Gasteiger partial charge in [-0.05, 0) is 6.92 Å². The summed E-state index contributed by atoms with van der Waals surface area (Å²) in [6.45, 7) is 4.05. The molecule has 0 aromatic carbocycles. The maximum absolute atomic E-state index is 4.96. The number of aryl methyl sites for hydroxylation is 1. The normalized spacial score (nSPS) is 10.2. The standard InChI is InChI=1S/C10H18N4OS/c1-8-13-9(11-3-5-15-2)7-10(14-8)12-4-6-16/h7,16H,3-6H2,1-2H3,(H2,11,12,13,14). The van der Waals surface area contributed by atoms with E-state index in [2.05, 4.69) is 33.2 Å². The highest BCUT2D eigenvalue weighted by Crippen LogP contribution is 2.10. The van der Waals surface area contributed by atoms with Crippen LogP contribution in [0.15, 0.2) is 6.07 Å². The van der Waals surface area contributed by atoms with Crippen molar-refractivity contribution in [3.63, 3.8) is 0 Å². The maximum atomic E-state index is 4.96. The molecule has 16 heavy (non-hydrogen) atoms. The van der Waals surface area contributed by atoms with Gasteiger partial charge in [0.05, 0.1) is 6.61 Å². The molecule has 6 heteroatoms. The molecule has 0 amide bonds. The van der Waals surface area contributed by atoms with E-state index in [0.717, 1.165) is 36.3 Å². The molecule has 0 saturated heterocycles. The van der Waals surface area contributed by atoms with Crippen LogP contribution in [0.1, 0.15) is 5.82 Å². The molecule has 0 radical (unpaired) electrons. The van der Waals surface area contributed by atoms with E-state index in [1.54, 1.807) is 7.11 Å². The lowest BCUT2D eigenvalue weighted by Crippen LogP contribution is -2.11. The second-order valence-corrected chi connectivity index (χ2v) is 3.70. The number of rotatable bonds is 7. The third-order valence-electron chi connectivity index (χ3n) is 1.87. The highest BCUT2D eigenvalue weighted by atomic mass is 32.1. The minimum atomic E-state index is 0.655. The maximum Gasteiger partial charge on any atom is 0.131 e. The lowest BCUT2D eigenvalue weighted by Gasteiger charge is -2.09. The topological polar surface area (TPSA) is 59.1 Å². The molecule has 5 nitrogen and oxygen atoms in total. The van der Waals surface area contributed by atoms with Crippen molar-refractivity contribution in [1.29, 1.82) is 0 Å². The number of hydrogen-bond donors (Lipinski definition) is 3. The molecule has 1 aromatic rings. The van der Waals surface area contributed by atoms with Gasteiger partial charge < -0.3 is 15.4 Å². The van der Waals surface area contributed by atoms with E-state index in [1.165, 1.54) is 0 Å². The number of thiol groups is 1. The molecule has 2 N–H and O–H groups in total. The Morgan fingerprint density at radius 1 is 1.25 bits per heavy atom. The van der Waals surface area contributed by atoms with E-state index >= 15 is 0 Å². The number of aromatic nitrogens is 2. The molecule has 0 saturated carbocycles. The Hall–Kier alpha value is -1.01. The predicted octanol–water partition coefficient (Wildman–Crippen LogP) is 1.19. The zero-order valence-corrected chi connectivity index (χ0v) is 10.6. The van der Waals surface area contributed by atoms with E-state index in [1.807, 2.05) is 13.0 Å². The van der Waals surface area contributed by atoms with Crippen molar-refractivity contribution in [1.82, 2.24) is 9.97 Å². The summed E-state index contributed by atoms with van der Waals surface area (Å²) in [5, 5.41) is 6.34. The largest absolute Gasteiger partial charge is 0.383 e. The minimum absolute atomic E-state index is 0.655. The Labute approximate surface area is 101 Å². The van der Waals surface area contributed by atoms with Crippen LogP contribution in [0.25, 0.3) is 0 Å². The highest BCUT2D eigenvalue weighted by Gasteiger charge is 2.00. The number of anilines is 2. The second kappa shape index (κ2) is 7.29. The summed E-state index contributed by atoms with van der Waals surface area (Å²) in [7, 11) is 1.67. The number of ether oxygens (including phenoxy) is 1. The van der Waals surface area contributed by atoms with Crippen LogP contribution in [0.2, 0.25) is 0 Å². The SMILES string of the molecule is COCCNc1cc(NCCS)nc(C)n1. The molecule has 0 unspecified atom stereocenters. The molecular weight excluding hydrogens is 224 g/mol. The molecule has 1 heterocycles. The van der Waals surface area contributed by atoms with E-state index in [4.69, 9.17) is 4.74 Å². The quantitative estimate of drug-likeness (QED) is 0.495. The predicted molar refractivity (Wildman–Crippen MR) is 69.5 cm³/mol. The third kappa shape index (κ3) is 4.67. The summed E-state index contributed by atoms with van der Waals surface area (Å²) >= 11 is 4.13. The molecule has 0 fully saturated rings. The van der Waals surface area contributed by atoms with Gasteiger partial charge in [-0.25, -0.2) is 9.97 Å². The van der Waals surface area contributed by atoms with Crippen molar-refractivity contribution >= 4 is 24.3 Å². The summed E-state index contributed by atoms with van der Waals surface area (Å²) < 4.78 is 4.96. The molecular formula is C10H18N4OS. The Morgan fingerprint density at radius 3 is 2.44 bits per heavy atom. The monoisotopic (exact) mass is 242 g/mol. The summed E-state index contributed by atoms with van der Waals surface area (Å²) in [5.74, 6) is 3.15. The van der Waals surface area contributed by atoms with Crippen molar-refractivity contribution in [2.45, 2.75) is 6.92 Å². The van der Waals surface area contributed by atoms with E-state index in [9.17, 15) is 0 Å². The molecule has 1 rings (SSSR count). The van der Waals surface area contributed by atoms with Gasteiger partial charge in [0.15, 0.2) is 0 Å². The first kappa shape index (κ1) is 13.1. The second-order valence-electron chi connectivity index (χ2n) is 3.26. The van der Waals surface area contributed by atoms with Gasteiger partial charge in [-0.2, -0.15) is 12.6 Å². The van der Waals surface area contributed by atoms with Crippen LogP contribution in [0, 0.1) is 6.92 Å². The molecule has 0 aliphatic rings. The Bertz CT molecular complexity index is 322. The third-order valence-corrected chi connectivity index (χ3v) is 2.09. The zero-order valence-electron chi connectivity index (χ0n) is 9.66. The molecule has 0 aliphatic heterocycles. The Balaban J connectivity index is 2.58. The van der Waals surface area contributed by atoms with Gasteiger partial charge in [0.2, 0.25) is 0 Å². The fourth-order valence-corrected chi connectivity index (χ4v) is 1.33. The van der Waals surface area contributed by atoms with E-state index in [-0.39, 0.29) is 0 Å². The van der Waals surface area contributed by atoms with Crippen LogP contribution in [-0.2, 0) is 4.74 Å². The Kier molecular flexibility index (Phi) is 5.95. The molecule has 0 bridgehead atoms. The fraction of sp³-hybridized carbons (Fsp3) is 0.600. The summed E-state index contributed by atoms with van der Waals surface area (Å²) in [4.78, 5) is 8.55. The van der Waals surface area contributed by atoms with Gasteiger partial charge in [0, 0.05) is 32.0 Å². The van der Waals surface area contributed by atoms with Crippen molar-refractivity contribution in [3.05, 3.63) is 11.9 Å². The van der Waals surface area contributed by atoms with Gasteiger partial charge in [0.25, 0.3) is 0 Å². The summed E-state index contributed by atoms with van der Waals surface area (Å²) in [6.07, 6.45) is 0. The summed E-state index contributed by atoms with van der Waals surface area (Å²) in [5.41, 5.74) is 0. The van der Waals surface area contributed by atoms with Crippen molar-refractivity contribution < 1.29 is 4.74 Å². The molecule has 0 aliphatic carbocycles. The van der Waals surface area contributed by atoms with Crippen molar-refractivity contribution in [3.8, 4) is 0 Å². The van der Waals surface area contributed by atoms with Gasteiger partial charge >= 0.3 is 0 Å². The first-order valence-corrected chi connectivity index (χ1v) is 5.82. The molecule has 90 valence electrons. The number of nitrogens with zero attached hydrogens (tertiary/aromatic N) is 2. The van der Waals surface area contributed by atoms with Crippen LogP contribution in [-0.4, -0.2) is 42.5 Å². The van der Waals surface area contributed by atoms with Gasteiger partial charge in [-0.15, -0.1) is 0 Å². The smallest absolute Gasteiger partial charge is 0.131 e. The van der Waals surface area contributed by atoms with Crippen LogP contribution >= 0.6 is 12.6 Å². The van der Waals surface area contributed by atoms with Gasteiger partial charge in [-0.3, -0.25) is 0 Å². The number of hydrogen-bond acceptors (Lipinski definition) is 6.